The van der Waals surface area contributed by atoms with Crippen LogP contribution in [0.1, 0.15) is 11.7 Å². The fraction of sp³-hybridized carbons (Fsp3) is 0.300. The van der Waals surface area contributed by atoms with Crippen molar-refractivity contribution in [2.75, 3.05) is 18.7 Å². The summed E-state index contributed by atoms with van der Waals surface area (Å²) in [5.41, 5.74) is 5.36. The fourth-order valence-electron chi connectivity index (χ4n) is 2.05. The number of hydrogen-bond donors (Lipinski definition) is 1. The molecule has 1 atom stereocenters. The second-order valence-electron chi connectivity index (χ2n) is 3.78. The molecule has 3 rings (SSSR count). The monoisotopic (exact) mass is 217 g/mol. The van der Waals surface area contributed by atoms with Crippen LogP contribution < -0.4 is 10.4 Å². The molecule has 2 aliphatic rings. The lowest BCUT2D eigenvalue weighted by Gasteiger charge is -2.22. The Morgan fingerprint density at radius 1 is 1.44 bits per heavy atom. The molecule has 6 heteroatoms. The van der Waals surface area contributed by atoms with Crippen molar-refractivity contribution in [1.29, 1.82) is 0 Å². The molecule has 0 unspecified atom stereocenters. The van der Waals surface area contributed by atoms with Crippen LogP contribution >= 0.6 is 0 Å². The molecule has 2 amide bonds. The summed E-state index contributed by atoms with van der Waals surface area (Å²) in [6.07, 6.45) is -0.163. The number of hydrogen-bond acceptors (Lipinski definition) is 4. The molecule has 0 spiro atoms. The highest BCUT2D eigenvalue weighted by molar-refractivity contribution is 5.77. The van der Waals surface area contributed by atoms with E-state index in [9.17, 15) is 4.79 Å². The molecule has 1 N–H and O–H groups in total. The molecule has 6 nitrogen and oxygen atoms in total. The molecule has 0 saturated carbocycles. The van der Waals surface area contributed by atoms with Gasteiger partial charge in [0.1, 0.15) is 12.8 Å². The van der Waals surface area contributed by atoms with E-state index in [1.54, 1.807) is 4.90 Å². The van der Waals surface area contributed by atoms with Crippen LogP contribution in [0.4, 0.5) is 10.5 Å². The predicted octanol–water partition coefficient (Wildman–Crippen LogP) is 1.48. The topological polar surface area (TPSA) is 60.3 Å². The number of fused-ring (bicyclic) bond motifs is 1. The summed E-state index contributed by atoms with van der Waals surface area (Å²) in [7, 11) is 1.92. The summed E-state index contributed by atoms with van der Waals surface area (Å²) in [5, 5.41) is 9.15. The van der Waals surface area contributed by atoms with Crippen LogP contribution in [0.2, 0.25) is 0 Å². The minimum atomic E-state index is -0.289. The number of benzene rings is 1. The van der Waals surface area contributed by atoms with Crippen LogP contribution in [-0.4, -0.2) is 24.6 Å². The Morgan fingerprint density at radius 2 is 2.25 bits per heavy atom. The minimum absolute atomic E-state index is 0.163. The van der Waals surface area contributed by atoms with Crippen molar-refractivity contribution < 1.29 is 4.79 Å². The number of hydrazine groups is 1. The number of nitrogens with zero attached hydrogens (tertiary/aromatic N) is 4. The first-order chi connectivity index (χ1) is 7.77. The first kappa shape index (κ1) is 9.29. The Morgan fingerprint density at radius 3 is 3.00 bits per heavy atom. The highest BCUT2D eigenvalue weighted by atomic mass is 16.2. The van der Waals surface area contributed by atoms with Crippen molar-refractivity contribution in [3.63, 3.8) is 0 Å². The van der Waals surface area contributed by atoms with E-state index in [1.165, 1.54) is 0 Å². The van der Waals surface area contributed by atoms with Crippen LogP contribution in [-0.2, 0) is 0 Å². The molecular weight excluding hydrogens is 206 g/mol. The van der Waals surface area contributed by atoms with E-state index < -0.39 is 0 Å². The third-order valence-electron chi connectivity index (χ3n) is 2.84. The lowest BCUT2D eigenvalue weighted by molar-refractivity contribution is 0.188. The molecule has 2 aliphatic heterocycles. The first-order valence-electron chi connectivity index (χ1n) is 5.04. The third-order valence-corrected chi connectivity index (χ3v) is 2.84. The summed E-state index contributed by atoms with van der Waals surface area (Å²) in [5.74, 6) is 0. The normalized spacial score (nSPS) is 23.1. The number of rotatable bonds is 1. The van der Waals surface area contributed by atoms with E-state index in [1.807, 2.05) is 36.3 Å². The zero-order valence-electron chi connectivity index (χ0n) is 8.79. The maximum absolute atomic E-state index is 11.5. The Bertz CT molecular complexity index is 472. The Labute approximate surface area is 92.5 Å². The van der Waals surface area contributed by atoms with Crippen LogP contribution in [0.3, 0.4) is 0 Å². The average Bonchev–Trinajstić information content (AvgIpc) is 2.84. The quantitative estimate of drug-likeness (QED) is 0.775. The molecule has 1 aromatic carbocycles. The first-order valence-corrected chi connectivity index (χ1v) is 5.04. The summed E-state index contributed by atoms with van der Waals surface area (Å²) < 4.78 is 0. The summed E-state index contributed by atoms with van der Waals surface area (Å²) in [6.45, 7) is 0.318. The zero-order chi connectivity index (χ0) is 11.1. The van der Waals surface area contributed by atoms with Crippen LogP contribution in [0.15, 0.2) is 34.5 Å². The van der Waals surface area contributed by atoms with E-state index in [-0.39, 0.29) is 12.2 Å². The van der Waals surface area contributed by atoms with Gasteiger partial charge in [0.2, 0.25) is 0 Å². The number of anilines is 1. The number of carbonyl (C=O) groups excluding carboxylic acids is 1. The minimum Gasteiger partial charge on any atom is -0.309 e. The van der Waals surface area contributed by atoms with Gasteiger partial charge in [0.15, 0.2) is 0 Å². The highest BCUT2D eigenvalue weighted by Gasteiger charge is 2.35. The molecule has 0 aliphatic carbocycles. The van der Waals surface area contributed by atoms with Crippen LogP contribution in [0, 0.1) is 0 Å². The van der Waals surface area contributed by atoms with Gasteiger partial charge in [-0.25, -0.2) is 10.2 Å². The van der Waals surface area contributed by atoms with Crippen LogP contribution in [0.5, 0.6) is 0 Å². The average molecular weight is 217 g/mol. The van der Waals surface area contributed by atoms with Gasteiger partial charge in [0, 0.05) is 12.6 Å². The molecule has 1 aromatic rings. The Hall–Kier alpha value is -1.95. The summed E-state index contributed by atoms with van der Waals surface area (Å²) in [6, 6.07) is 7.66. The van der Waals surface area contributed by atoms with Crippen molar-refractivity contribution in [3.05, 3.63) is 29.8 Å². The molecule has 0 aromatic heterocycles. The summed E-state index contributed by atoms with van der Waals surface area (Å²) >= 11 is 0. The van der Waals surface area contributed by atoms with Gasteiger partial charge < -0.3 is 5.01 Å². The molecule has 0 bridgehead atoms. The lowest BCUT2D eigenvalue weighted by atomic mass is 10.1. The third kappa shape index (κ3) is 1.20. The van der Waals surface area contributed by atoms with Crippen molar-refractivity contribution >= 4 is 11.7 Å². The van der Waals surface area contributed by atoms with Crippen molar-refractivity contribution in [2.45, 2.75) is 6.17 Å². The maximum Gasteiger partial charge on any atom is 0.365 e. The maximum atomic E-state index is 11.5. The van der Waals surface area contributed by atoms with Gasteiger partial charge in [0.05, 0.1) is 5.69 Å². The number of amides is 2. The van der Waals surface area contributed by atoms with Gasteiger partial charge in [-0.3, -0.25) is 4.90 Å². The van der Waals surface area contributed by atoms with E-state index >= 15 is 0 Å². The van der Waals surface area contributed by atoms with Gasteiger partial charge in [-0.2, -0.15) is 5.11 Å². The molecule has 0 radical (unpaired) electrons. The standard InChI is InChI=1S/C10H11N5O/c1-14-8-5-3-2-4-7(8)9(13-14)15-6-11-12-10(15)16/h2-5,9,13H,6H2,1H3/t9-/m0/s1. The van der Waals surface area contributed by atoms with E-state index in [0.717, 1.165) is 11.3 Å². The van der Waals surface area contributed by atoms with Gasteiger partial charge in [-0.1, -0.05) is 23.3 Å². The smallest absolute Gasteiger partial charge is 0.309 e. The van der Waals surface area contributed by atoms with Crippen LogP contribution in [0.25, 0.3) is 0 Å². The zero-order valence-corrected chi connectivity index (χ0v) is 8.79. The molecule has 0 fully saturated rings. The van der Waals surface area contributed by atoms with Crippen molar-refractivity contribution in [3.8, 4) is 0 Å². The van der Waals surface area contributed by atoms with Gasteiger partial charge in [-0.15, -0.1) is 0 Å². The summed E-state index contributed by atoms with van der Waals surface area (Å²) in [4.78, 5) is 13.1. The molecule has 16 heavy (non-hydrogen) atoms. The van der Waals surface area contributed by atoms with Gasteiger partial charge >= 0.3 is 6.03 Å². The Balaban J connectivity index is 1.97. The van der Waals surface area contributed by atoms with E-state index in [4.69, 9.17) is 0 Å². The number of urea groups is 1. The number of carbonyl (C=O) groups is 1. The number of para-hydroxylation sites is 1. The van der Waals surface area contributed by atoms with E-state index in [0.29, 0.717) is 6.67 Å². The largest absolute Gasteiger partial charge is 0.365 e. The molecular formula is C10H11N5O. The van der Waals surface area contributed by atoms with Crippen molar-refractivity contribution in [1.82, 2.24) is 10.3 Å². The molecule has 82 valence electrons. The fourth-order valence-corrected chi connectivity index (χ4v) is 2.05. The lowest BCUT2D eigenvalue weighted by Crippen LogP contribution is -2.40. The van der Waals surface area contributed by atoms with Crippen molar-refractivity contribution in [2.24, 2.45) is 10.2 Å². The second kappa shape index (κ2) is 3.28. The molecule has 0 saturated heterocycles. The van der Waals surface area contributed by atoms with E-state index in [2.05, 4.69) is 15.7 Å². The Kier molecular flexibility index (Phi) is 1.90. The number of azo groups is 1. The second-order valence-corrected chi connectivity index (χ2v) is 3.78. The highest BCUT2D eigenvalue weighted by Crippen LogP contribution is 2.34. The molecule has 2 heterocycles. The number of nitrogens with one attached hydrogen (secondary N) is 1. The predicted molar refractivity (Wildman–Crippen MR) is 57.7 cm³/mol. The SMILES string of the molecule is CN1N[C@@H](N2CN=NC2=O)c2ccccc21. The van der Waals surface area contributed by atoms with Gasteiger partial charge in [0.25, 0.3) is 0 Å². The van der Waals surface area contributed by atoms with Gasteiger partial charge in [-0.05, 0) is 6.07 Å².